The second kappa shape index (κ2) is 13.1. The van der Waals surface area contributed by atoms with Crippen molar-refractivity contribution in [1.82, 2.24) is 4.57 Å². The van der Waals surface area contributed by atoms with Crippen LogP contribution in [0.3, 0.4) is 0 Å². The van der Waals surface area contributed by atoms with E-state index >= 15 is 0 Å². The number of nitrogens with zero attached hydrogens (tertiary/aromatic N) is 1. The van der Waals surface area contributed by atoms with Gasteiger partial charge >= 0.3 is 0 Å². The van der Waals surface area contributed by atoms with Gasteiger partial charge in [0.15, 0.2) is 0 Å². The Labute approximate surface area is 287 Å². The number of para-hydroxylation sites is 1. The quantitative estimate of drug-likeness (QED) is 0.131. The summed E-state index contributed by atoms with van der Waals surface area (Å²) >= 11 is 0. The first-order valence-electron chi connectivity index (χ1n) is 16.9. The maximum Gasteiger partial charge on any atom is 0.213 e. The lowest BCUT2D eigenvalue weighted by Crippen LogP contribution is -2.04. The number of hydrogen-bond acceptors (Lipinski definition) is 2. The summed E-state index contributed by atoms with van der Waals surface area (Å²) in [7, 11) is 0. The Morgan fingerprint density at radius 1 is 0.510 bits per heavy atom. The number of benzene rings is 7. The summed E-state index contributed by atoms with van der Waals surface area (Å²) in [5.41, 5.74) is 13.8. The van der Waals surface area contributed by atoms with E-state index < -0.39 is 0 Å². The Balaban J connectivity index is 1.17. The highest BCUT2D eigenvalue weighted by molar-refractivity contribution is 6.11. The first-order chi connectivity index (χ1) is 24.2. The van der Waals surface area contributed by atoms with Gasteiger partial charge in [0.25, 0.3) is 0 Å². The van der Waals surface area contributed by atoms with Gasteiger partial charge in [-0.05, 0) is 99.5 Å². The van der Waals surface area contributed by atoms with Crippen molar-refractivity contribution in [3.8, 4) is 39.1 Å². The molecule has 0 amide bonds. The average molecular weight is 633 g/mol. The molecule has 0 aliphatic rings. The molecular formula is C46H36N2O. The van der Waals surface area contributed by atoms with E-state index in [4.69, 9.17) is 10.1 Å². The molecule has 1 aromatic heterocycles. The number of hydrogen-bond donors (Lipinski definition) is 1. The fourth-order valence-electron chi connectivity index (χ4n) is 6.86. The highest BCUT2D eigenvalue weighted by atomic mass is 16.5. The van der Waals surface area contributed by atoms with Crippen LogP contribution in [0, 0.1) is 5.41 Å². The van der Waals surface area contributed by atoms with E-state index in [1.807, 2.05) is 30.3 Å². The lowest BCUT2D eigenvalue weighted by Gasteiger charge is -2.15. The van der Waals surface area contributed by atoms with Crippen LogP contribution >= 0.6 is 0 Å². The van der Waals surface area contributed by atoms with E-state index in [2.05, 4.69) is 151 Å². The highest BCUT2D eigenvalue weighted by Gasteiger charge is 2.17. The summed E-state index contributed by atoms with van der Waals surface area (Å²) in [5.74, 6) is 0.181. The number of nitrogens with one attached hydrogen (secondary N) is 1. The zero-order valence-corrected chi connectivity index (χ0v) is 27.4. The van der Waals surface area contributed by atoms with Crippen LogP contribution in [0.2, 0.25) is 0 Å². The van der Waals surface area contributed by atoms with E-state index in [1.165, 1.54) is 60.9 Å². The van der Waals surface area contributed by atoms with Gasteiger partial charge in [0.2, 0.25) is 5.90 Å². The Bertz CT molecular complexity index is 2420. The normalized spacial score (nSPS) is 11.2. The number of aryl methyl sites for hydroxylation is 1. The molecule has 49 heavy (non-hydrogen) atoms. The minimum Gasteiger partial charge on any atom is -0.473 e. The van der Waals surface area contributed by atoms with Crippen LogP contribution < -0.4 is 0 Å². The molecule has 3 heteroatoms. The van der Waals surface area contributed by atoms with Gasteiger partial charge in [-0.15, -0.1) is 0 Å². The molecular weight excluding hydrogens is 597 g/mol. The minimum atomic E-state index is 0.181. The van der Waals surface area contributed by atoms with Crippen LogP contribution in [-0.4, -0.2) is 10.5 Å². The second-order valence-corrected chi connectivity index (χ2v) is 12.4. The molecule has 7 aromatic carbocycles. The third-order valence-corrected chi connectivity index (χ3v) is 9.39. The topological polar surface area (TPSA) is 38.0 Å². The summed E-state index contributed by atoms with van der Waals surface area (Å²) in [6.45, 7) is 2.57. The van der Waals surface area contributed by atoms with Crippen molar-refractivity contribution < 1.29 is 4.74 Å². The molecule has 0 saturated heterocycles. The average Bonchev–Trinajstić information content (AvgIpc) is 3.50. The van der Waals surface area contributed by atoms with Gasteiger partial charge in [-0.25, -0.2) is 0 Å². The predicted octanol–water partition coefficient (Wildman–Crippen LogP) is 11.9. The van der Waals surface area contributed by atoms with Gasteiger partial charge in [0.1, 0.15) is 6.61 Å². The first kappa shape index (κ1) is 30.2. The molecule has 0 saturated carbocycles. The van der Waals surface area contributed by atoms with Gasteiger partial charge in [-0.2, -0.15) is 0 Å². The Hall–Kier alpha value is -6.19. The summed E-state index contributed by atoms with van der Waals surface area (Å²) in [5, 5.41) is 10.8. The molecule has 236 valence electrons. The number of aromatic nitrogens is 1. The Morgan fingerprint density at radius 2 is 1.02 bits per heavy atom. The van der Waals surface area contributed by atoms with Crippen molar-refractivity contribution in [2.45, 2.75) is 20.0 Å². The summed E-state index contributed by atoms with van der Waals surface area (Å²) in [6.07, 6.45) is 0.999. The number of ether oxygens (including phenoxy) is 1. The first-order valence-corrected chi connectivity index (χ1v) is 16.9. The lowest BCUT2D eigenvalue weighted by atomic mass is 9.89. The van der Waals surface area contributed by atoms with E-state index in [9.17, 15) is 0 Å². The molecule has 0 unspecified atom stereocenters. The fraction of sp³-hybridized carbons (Fsp3) is 0.0652. The van der Waals surface area contributed by atoms with Crippen LogP contribution in [-0.2, 0) is 17.8 Å². The standard InChI is InChI=1S/C46H36N2O/c1-2-32-23-27-44-42(29-32)43-30-36(26-28-45(43)48(44)37-15-7-4-8-16-37)39-18-10-12-20-41(39)40-19-11-9-17-38(40)34-24-21-33(22-25-34)31-49-46(47)35-13-5-3-6-14-35/h3-30,47H,2,31H2,1H3. The summed E-state index contributed by atoms with van der Waals surface area (Å²) in [4.78, 5) is 0. The Morgan fingerprint density at radius 3 is 1.67 bits per heavy atom. The molecule has 0 bridgehead atoms. The van der Waals surface area contributed by atoms with Crippen molar-refractivity contribution in [1.29, 1.82) is 5.41 Å². The zero-order chi connectivity index (χ0) is 33.2. The van der Waals surface area contributed by atoms with Crippen molar-refractivity contribution in [3.05, 3.63) is 187 Å². The van der Waals surface area contributed by atoms with Crippen LogP contribution in [0.25, 0.3) is 60.9 Å². The van der Waals surface area contributed by atoms with Gasteiger partial charge in [-0.1, -0.05) is 128 Å². The molecule has 0 fully saturated rings. The van der Waals surface area contributed by atoms with Crippen molar-refractivity contribution >= 4 is 27.7 Å². The van der Waals surface area contributed by atoms with Gasteiger partial charge in [0, 0.05) is 22.0 Å². The third-order valence-electron chi connectivity index (χ3n) is 9.39. The predicted molar refractivity (Wildman–Crippen MR) is 205 cm³/mol. The van der Waals surface area contributed by atoms with Gasteiger partial charge < -0.3 is 9.30 Å². The van der Waals surface area contributed by atoms with Crippen molar-refractivity contribution in [2.75, 3.05) is 0 Å². The number of fused-ring (bicyclic) bond motifs is 3. The van der Waals surface area contributed by atoms with Crippen LogP contribution in [0.5, 0.6) is 0 Å². The van der Waals surface area contributed by atoms with Gasteiger partial charge in [0.05, 0.1) is 11.0 Å². The van der Waals surface area contributed by atoms with E-state index in [0.717, 1.165) is 23.1 Å². The third kappa shape index (κ3) is 5.81. The molecule has 0 aliphatic carbocycles. The number of rotatable bonds is 8. The molecule has 1 heterocycles. The van der Waals surface area contributed by atoms with E-state index in [1.54, 1.807) is 0 Å². The van der Waals surface area contributed by atoms with Crippen molar-refractivity contribution in [2.24, 2.45) is 0 Å². The van der Waals surface area contributed by atoms with Crippen LogP contribution in [0.1, 0.15) is 23.6 Å². The summed E-state index contributed by atoms with van der Waals surface area (Å²) < 4.78 is 8.18. The fourth-order valence-corrected chi connectivity index (χ4v) is 6.86. The molecule has 0 radical (unpaired) electrons. The minimum absolute atomic E-state index is 0.181. The molecule has 8 rings (SSSR count). The Kier molecular flexibility index (Phi) is 8.09. The maximum atomic E-state index is 8.29. The summed E-state index contributed by atoms with van der Waals surface area (Å²) in [6, 6.07) is 59.9. The monoisotopic (exact) mass is 632 g/mol. The molecule has 8 aromatic rings. The maximum absolute atomic E-state index is 8.29. The lowest BCUT2D eigenvalue weighted by molar-refractivity contribution is 0.291. The van der Waals surface area contributed by atoms with Crippen LogP contribution in [0.15, 0.2) is 170 Å². The SMILES string of the molecule is CCc1ccc2c(c1)c1cc(-c3ccccc3-c3ccccc3-c3ccc(COC(=N)c4ccccc4)cc3)ccc1n2-c1ccccc1. The smallest absolute Gasteiger partial charge is 0.213 e. The second-order valence-electron chi connectivity index (χ2n) is 12.4. The molecule has 1 N–H and O–H groups in total. The van der Waals surface area contributed by atoms with Gasteiger partial charge in [-0.3, -0.25) is 5.41 Å². The van der Waals surface area contributed by atoms with E-state index in [-0.39, 0.29) is 5.90 Å². The molecule has 0 spiro atoms. The molecule has 0 atom stereocenters. The largest absolute Gasteiger partial charge is 0.473 e. The molecule has 0 aliphatic heterocycles. The highest BCUT2D eigenvalue weighted by Crippen LogP contribution is 2.41. The zero-order valence-electron chi connectivity index (χ0n) is 27.4. The van der Waals surface area contributed by atoms with Crippen molar-refractivity contribution in [3.63, 3.8) is 0 Å². The van der Waals surface area contributed by atoms with E-state index in [0.29, 0.717) is 6.61 Å². The van der Waals surface area contributed by atoms with Crippen LogP contribution in [0.4, 0.5) is 0 Å². The molecule has 3 nitrogen and oxygen atoms in total.